The molecule has 0 spiro atoms. The van der Waals surface area contributed by atoms with E-state index in [1.54, 1.807) is 0 Å². The van der Waals surface area contributed by atoms with Crippen LogP contribution < -0.4 is 4.90 Å². The summed E-state index contributed by atoms with van der Waals surface area (Å²) >= 11 is 0. The average molecular weight is 409 g/mol. The average Bonchev–Trinajstić information content (AvgIpc) is 3.25. The molecule has 0 amide bonds. The summed E-state index contributed by atoms with van der Waals surface area (Å²) in [6.45, 7) is 8.35. The summed E-state index contributed by atoms with van der Waals surface area (Å²) in [5, 5.41) is 8.30. The van der Waals surface area contributed by atoms with Gasteiger partial charge in [-0.25, -0.2) is 14.6 Å². The van der Waals surface area contributed by atoms with E-state index in [9.17, 15) is 0 Å². The number of hydrogen-bond acceptors (Lipinski definition) is 8. The van der Waals surface area contributed by atoms with Crippen LogP contribution >= 0.6 is 0 Å². The molecule has 5 rings (SSSR count). The molecule has 2 aliphatic rings. The smallest absolute Gasteiger partial charge is 0.139 e. The Kier molecular flexibility index (Phi) is 5.59. The van der Waals surface area contributed by atoms with Gasteiger partial charge < -0.3 is 9.64 Å². The highest BCUT2D eigenvalue weighted by molar-refractivity contribution is 5.81. The number of morpholine rings is 1. The van der Waals surface area contributed by atoms with Crippen LogP contribution in [0.3, 0.4) is 0 Å². The Labute approximate surface area is 176 Å². The first-order chi connectivity index (χ1) is 14.7. The molecule has 2 fully saturated rings. The summed E-state index contributed by atoms with van der Waals surface area (Å²) in [5.74, 6) is 1.54. The largest absolute Gasteiger partial charge is 0.378 e. The molecule has 8 nitrogen and oxygen atoms in total. The van der Waals surface area contributed by atoms with E-state index < -0.39 is 0 Å². The lowest BCUT2D eigenvalue weighted by Crippen LogP contribution is -2.36. The topological polar surface area (TPSA) is 80.4 Å². The van der Waals surface area contributed by atoms with Crippen LogP contribution in [0.15, 0.2) is 29.0 Å². The van der Waals surface area contributed by atoms with Crippen molar-refractivity contribution in [2.75, 3.05) is 44.3 Å². The maximum absolute atomic E-state index is 5.50. The van der Waals surface area contributed by atoms with Crippen LogP contribution in [-0.4, -0.2) is 64.6 Å². The number of fused-ring (bicyclic) bond motifs is 1. The number of aromatic nitrogens is 4. The third-order valence-corrected chi connectivity index (χ3v) is 6.23. The van der Waals surface area contributed by atoms with E-state index in [-0.39, 0.29) is 0 Å². The number of hydrogen-bond donors (Lipinski definition) is 0. The standard InChI is InChI=1S/C22H28N6O2/c1-16-23-5-2-19(24-16)12-17-3-6-27(7-4-17)15-18-13-20(28-8-10-29-11-9-28)14-21-22(18)26-30-25-21/h2,5,13-14,17H,3-4,6-12,15H2,1H3. The monoisotopic (exact) mass is 408 g/mol. The quantitative estimate of drug-likeness (QED) is 0.637. The third-order valence-electron chi connectivity index (χ3n) is 6.23. The van der Waals surface area contributed by atoms with Gasteiger partial charge in [-0.05, 0) is 79.3 Å². The molecule has 2 aliphatic heterocycles. The lowest BCUT2D eigenvalue weighted by molar-refractivity contribution is 0.122. The highest BCUT2D eigenvalue weighted by atomic mass is 16.6. The van der Waals surface area contributed by atoms with Crippen LogP contribution in [0.25, 0.3) is 11.0 Å². The number of ether oxygens (including phenoxy) is 1. The number of likely N-dealkylation sites (tertiary alicyclic amines) is 1. The van der Waals surface area contributed by atoms with Crippen molar-refractivity contribution in [3.05, 3.63) is 41.5 Å². The lowest BCUT2D eigenvalue weighted by atomic mass is 9.92. The minimum absolute atomic E-state index is 0.684. The number of anilines is 1. The minimum Gasteiger partial charge on any atom is -0.378 e. The second-order valence-corrected chi connectivity index (χ2v) is 8.36. The molecule has 0 saturated carbocycles. The van der Waals surface area contributed by atoms with Gasteiger partial charge in [0.15, 0.2) is 0 Å². The molecule has 8 heteroatoms. The van der Waals surface area contributed by atoms with Crippen molar-refractivity contribution in [2.45, 2.75) is 32.7 Å². The van der Waals surface area contributed by atoms with Gasteiger partial charge in [0.25, 0.3) is 0 Å². The summed E-state index contributed by atoms with van der Waals surface area (Å²) in [5.41, 5.74) is 5.26. The molecule has 158 valence electrons. The molecule has 0 radical (unpaired) electrons. The van der Waals surface area contributed by atoms with Crippen molar-refractivity contribution < 1.29 is 9.37 Å². The molecular weight excluding hydrogens is 380 g/mol. The zero-order valence-corrected chi connectivity index (χ0v) is 17.5. The van der Waals surface area contributed by atoms with Gasteiger partial charge in [0, 0.05) is 37.2 Å². The Morgan fingerprint density at radius 1 is 1.07 bits per heavy atom. The minimum atomic E-state index is 0.684. The first kappa shape index (κ1) is 19.4. The van der Waals surface area contributed by atoms with Crippen molar-refractivity contribution in [3.63, 3.8) is 0 Å². The fourth-order valence-corrected chi connectivity index (χ4v) is 4.57. The van der Waals surface area contributed by atoms with E-state index in [0.29, 0.717) is 5.92 Å². The molecule has 0 bridgehead atoms. The van der Waals surface area contributed by atoms with Crippen molar-refractivity contribution >= 4 is 16.7 Å². The predicted octanol–water partition coefficient (Wildman–Crippen LogP) is 2.61. The molecule has 2 saturated heterocycles. The van der Waals surface area contributed by atoms with E-state index in [4.69, 9.17) is 9.37 Å². The molecule has 30 heavy (non-hydrogen) atoms. The van der Waals surface area contributed by atoms with Gasteiger partial charge in [0.2, 0.25) is 0 Å². The van der Waals surface area contributed by atoms with Gasteiger partial charge in [0.05, 0.1) is 13.2 Å². The first-order valence-corrected chi connectivity index (χ1v) is 10.8. The SMILES string of the molecule is Cc1nccc(CC2CCN(Cc3cc(N4CCOCC4)cc4nonc34)CC2)n1. The number of piperidine rings is 1. The molecular formula is C22H28N6O2. The molecule has 3 aromatic rings. The molecule has 0 aliphatic carbocycles. The highest BCUT2D eigenvalue weighted by Gasteiger charge is 2.22. The number of benzene rings is 1. The maximum Gasteiger partial charge on any atom is 0.139 e. The van der Waals surface area contributed by atoms with Gasteiger partial charge in [-0.1, -0.05) is 0 Å². The summed E-state index contributed by atoms with van der Waals surface area (Å²) in [6.07, 6.45) is 5.28. The maximum atomic E-state index is 5.50. The van der Waals surface area contributed by atoms with E-state index in [0.717, 1.165) is 74.9 Å². The van der Waals surface area contributed by atoms with E-state index >= 15 is 0 Å². The van der Waals surface area contributed by atoms with Gasteiger partial charge in [-0.2, -0.15) is 0 Å². The van der Waals surface area contributed by atoms with Crippen LogP contribution in [0.2, 0.25) is 0 Å². The number of rotatable bonds is 5. The van der Waals surface area contributed by atoms with Gasteiger partial charge in [-0.15, -0.1) is 0 Å². The summed E-state index contributed by atoms with van der Waals surface area (Å²) in [6, 6.07) is 6.38. The predicted molar refractivity (Wildman–Crippen MR) is 113 cm³/mol. The summed E-state index contributed by atoms with van der Waals surface area (Å²) < 4.78 is 10.6. The van der Waals surface area contributed by atoms with E-state index in [1.165, 1.54) is 24.1 Å². The third kappa shape index (κ3) is 4.29. The molecule has 4 heterocycles. The molecule has 0 unspecified atom stereocenters. The van der Waals surface area contributed by atoms with Gasteiger partial charge in [0.1, 0.15) is 16.9 Å². The summed E-state index contributed by atoms with van der Waals surface area (Å²) in [4.78, 5) is 13.7. The second kappa shape index (κ2) is 8.65. The van der Waals surface area contributed by atoms with Crippen molar-refractivity contribution in [1.82, 2.24) is 25.2 Å². The van der Waals surface area contributed by atoms with Crippen molar-refractivity contribution in [3.8, 4) is 0 Å². The van der Waals surface area contributed by atoms with Crippen LogP contribution in [-0.2, 0) is 17.7 Å². The van der Waals surface area contributed by atoms with Crippen molar-refractivity contribution in [2.24, 2.45) is 5.92 Å². The highest BCUT2D eigenvalue weighted by Crippen LogP contribution is 2.28. The van der Waals surface area contributed by atoms with Crippen LogP contribution in [0.4, 0.5) is 5.69 Å². The van der Waals surface area contributed by atoms with Gasteiger partial charge >= 0.3 is 0 Å². The Morgan fingerprint density at radius 2 is 1.90 bits per heavy atom. The molecule has 0 atom stereocenters. The Balaban J connectivity index is 1.25. The van der Waals surface area contributed by atoms with Gasteiger partial charge in [-0.3, -0.25) is 4.90 Å². The van der Waals surface area contributed by atoms with Crippen molar-refractivity contribution in [1.29, 1.82) is 0 Å². The first-order valence-electron chi connectivity index (χ1n) is 10.8. The van der Waals surface area contributed by atoms with Crippen LogP contribution in [0.5, 0.6) is 0 Å². The Hall–Kier alpha value is -2.58. The number of nitrogens with zero attached hydrogens (tertiary/aromatic N) is 6. The van der Waals surface area contributed by atoms with E-state index in [2.05, 4.69) is 42.2 Å². The number of aryl methyl sites for hydroxylation is 1. The van der Waals surface area contributed by atoms with Crippen LogP contribution in [0, 0.1) is 12.8 Å². The van der Waals surface area contributed by atoms with E-state index in [1.807, 2.05) is 19.2 Å². The fraction of sp³-hybridized carbons (Fsp3) is 0.545. The fourth-order valence-electron chi connectivity index (χ4n) is 4.57. The molecule has 2 aromatic heterocycles. The molecule has 0 N–H and O–H groups in total. The normalized spacial score (nSPS) is 18.9. The Bertz CT molecular complexity index is 992. The van der Waals surface area contributed by atoms with Crippen LogP contribution in [0.1, 0.15) is 29.9 Å². The molecule has 1 aromatic carbocycles. The Morgan fingerprint density at radius 3 is 2.70 bits per heavy atom. The second-order valence-electron chi connectivity index (χ2n) is 8.36. The zero-order valence-electron chi connectivity index (χ0n) is 17.5. The summed E-state index contributed by atoms with van der Waals surface area (Å²) in [7, 11) is 0. The zero-order chi connectivity index (χ0) is 20.3. The lowest BCUT2D eigenvalue weighted by Gasteiger charge is -2.32.